The number of carbonyl (C=O) groups is 1. The molecule has 0 spiro atoms. The van der Waals surface area contributed by atoms with Crippen LogP contribution in [0.3, 0.4) is 0 Å². The summed E-state index contributed by atoms with van der Waals surface area (Å²) in [6, 6.07) is 8.00. The Kier molecular flexibility index (Phi) is 7.33. The first-order valence-corrected chi connectivity index (χ1v) is 7.79. The molecule has 1 unspecified atom stereocenters. The molecule has 1 atom stereocenters. The van der Waals surface area contributed by atoms with Crippen molar-refractivity contribution in [2.24, 2.45) is 5.41 Å². The van der Waals surface area contributed by atoms with Crippen LogP contribution in [0.4, 0.5) is 5.69 Å². The monoisotopic (exact) mass is 325 g/mol. The van der Waals surface area contributed by atoms with E-state index in [0.717, 1.165) is 31.7 Å². The van der Waals surface area contributed by atoms with Crippen LogP contribution in [0.25, 0.3) is 0 Å². The van der Waals surface area contributed by atoms with E-state index in [4.69, 9.17) is 0 Å². The lowest BCUT2D eigenvalue weighted by Crippen LogP contribution is -2.39. The van der Waals surface area contributed by atoms with E-state index in [1.54, 1.807) is 0 Å². The van der Waals surface area contributed by atoms with Crippen LogP contribution in [0.5, 0.6) is 0 Å². The molecule has 1 heterocycles. The fourth-order valence-corrected chi connectivity index (χ4v) is 3.10. The number of nitrogens with zero attached hydrogens (tertiary/aromatic N) is 1. The van der Waals surface area contributed by atoms with E-state index in [2.05, 4.69) is 35.4 Å². The molecule has 0 saturated carbocycles. The Labute approximate surface area is 140 Å². The van der Waals surface area contributed by atoms with E-state index >= 15 is 0 Å². The van der Waals surface area contributed by atoms with Gasteiger partial charge in [-0.05, 0) is 43.5 Å². The van der Waals surface area contributed by atoms with Crippen molar-refractivity contribution in [3.05, 3.63) is 29.8 Å². The first-order valence-electron chi connectivity index (χ1n) is 7.79. The van der Waals surface area contributed by atoms with E-state index in [1.807, 2.05) is 25.2 Å². The summed E-state index contributed by atoms with van der Waals surface area (Å²) in [6.07, 6.45) is 2.10. The van der Waals surface area contributed by atoms with Gasteiger partial charge in [0.05, 0.1) is 6.54 Å². The molecule has 22 heavy (non-hydrogen) atoms. The summed E-state index contributed by atoms with van der Waals surface area (Å²) in [5.74, 6) is 0.0629. The topological polar surface area (TPSA) is 44.4 Å². The van der Waals surface area contributed by atoms with Gasteiger partial charge < -0.3 is 10.6 Å². The van der Waals surface area contributed by atoms with Crippen molar-refractivity contribution < 1.29 is 4.79 Å². The molecule has 1 saturated heterocycles. The lowest BCUT2D eigenvalue weighted by atomic mass is 9.89. The lowest BCUT2D eigenvalue weighted by Gasteiger charge is -2.28. The SMILES string of the molecule is CCc1ccccc1NC(=O)CN(C)CC1(C)CCNC1.Cl. The summed E-state index contributed by atoms with van der Waals surface area (Å²) in [7, 11) is 2.02. The minimum absolute atomic E-state index is 0. The van der Waals surface area contributed by atoms with Crippen molar-refractivity contribution in [3.63, 3.8) is 0 Å². The largest absolute Gasteiger partial charge is 0.325 e. The molecule has 0 radical (unpaired) electrons. The van der Waals surface area contributed by atoms with E-state index in [-0.39, 0.29) is 23.7 Å². The van der Waals surface area contributed by atoms with E-state index in [9.17, 15) is 4.79 Å². The molecular formula is C17H28ClN3O. The third kappa shape index (κ3) is 5.27. The maximum Gasteiger partial charge on any atom is 0.238 e. The van der Waals surface area contributed by atoms with Gasteiger partial charge >= 0.3 is 0 Å². The molecule has 1 fully saturated rings. The summed E-state index contributed by atoms with van der Waals surface area (Å²) in [6.45, 7) is 7.90. The lowest BCUT2D eigenvalue weighted by molar-refractivity contribution is -0.117. The highest BCUT2D eigenvalue weighted by Crippen LogP contribution is 2.25. The van der Waals surface area contributed by atoms with Crippen LogP contribution in [-0.4, -0.2) is 44.0 Å². The fraction of sp³-hybridized carbons (Fsp3) is 0.588. The normalized spacial score (nSPS) is 20.7. The van der Waals surface area contributed by atoms with Gasteiger partial charge in [0, 0.05) is 18.8 Å². The Morgan fingerprint density at radius 2 is 2.14 bits per heavy atom. The number of hydrogen-bond acceptors (Lipinski definition) is 3. The minimum Gasteiger partial charge on any atom is -0.325 e. The van der Waals surface area contributed by atoms with Gasteiger partial charge in [-0.1, -0.05) is 32.0 Å². The van der Waals surface area contributed by atoms with Crippen molar-refractivity contribution in [2.75, 3.05) is 38.5 Å². The van der Waals surface area contributed by atoms with Crippen molar-refractivity contribution in [2.45, 2.75) is 26.7 Å². The molecule has 5 heteroatoms. The summed E-state index contributed by atoms with van der Waals surface area (Å²) >= 11 is 0. The molecule has 1 amide bonds. The van der Waals surface area contributed by atoms with E-state index in [0.29, 0.717) is 6.54 Å². The molecular weight excluding hydrogens is 298 g/mol. The van der Waals surface area contributed by atoms with Gasteiger partial charge in [0.2, 0.25) is 5.91 Å². The molecule has 4 nitrogen and oxygen atoms in total. The number of anilines is 1. The number of halogens is 1. The number of para-hydroxylation sites is 1. The Morgan fingerprint density at radius 1 is 1.41 bits per heavy atom. The summed E-state index contributed by atoms with van der Waals surface area (Å²) < 4.78 is 0. The highest BCUT2D eigenvalue weighted by atomic mass is 35.5. The highest BCUT2D eigenvalue weighted by Gasteiger charge is 2.30. The average molecular weight is 326 g/mol. The third-order valence-corrected chi connectivity index (χ3v) is 4.19. The molecule has 1 aliphatic heterocycles. The van der Waals surface area contributed by atoms with Crippen molar-refractivity contribution >= 4 is 24.0 Å². The van der Waals surface area contributed by atoms with Gasteiger partial charge in [-0.3, -0.25) is 9.69 Å². The second kappa shape index (κ2) is 8.51. The van der Waals surface area contributed by atoms with E-state index in [1.165, 1.54) is 12.0 Å². The van der Waals surface area contributed by atoms with Crippen LogP contribution in [0.2, 0.25) is 0 Å². The third-order valence-electron chi connectivity index (χ3n) is 4.19. The summed E-state index contributed by atoms with van der Waals surface area (Å²) in [4.78, 5) is 14.3. The molecule has 124 valence electrons. The predicted octanol–water partition coefficient (Wildman–Crippen LogP) is 2.54. The zero-order valence-corrected chi connectivity index (χ0v) is 14.6. The molecule has 1 aromatic rings. The Hall–Kier alpha value is -1.10. The number of aryl methyl sites for hydroxylation is 1. The Balaban J connectivity index is 0.00000242. The molecule has 1 aromatic carbocycles. The highest BCUT2D eigenvalue weighted by molar-refractivity contribution is 5.92. The van der Waals surface area contributed by atoms with Crippen molar-refractivity contribution in [1.82, 2.24) is 10.2 Å². The van der Waals surface area contributed by atoms with Crippen LogP contribution in [-0.2, 0) is 11.2 Å². The average Bonchev–Trinajstić information content (AvgIpc) is 2.85. The van der Waals surface area contributed by atoms with Crippen LogP contribution in [0.1, 0.15) is 25.8 Å². The van der Waals surface area contributed by atoms with Crippen LogP contribution in [0.15, 0.2) is 24.3 Å². The van der Waals surface area contributed by atoms with Gasteiger partial charge in [0.25, 0.3) is 0 Å². The van der Waals surface area contributed by atoms with Crippen molar-refractivity contribution in [3.8, 4) is 0 Å². The first-order chi connectivity index (χ1) is 10.0. The zero-order chi connectivity index (χ0) is 15.3. The number of likely N-dealkylation sites (N-methyl/N-ethyl adjacent to an activating group) is 1. The summed E-state index contributed by atoms with van der Waals surface area (Å²) in [5, 5.41) is 6.43. The maximum atomic E-state index is 12.2. The van der Waals surface area contributed by atoms with Crippen LogP contribution < -0.4 is 10.6 Å². The number of amides is 1. The second-order valence-electron chi connectivity index (χ2n) is 6.47. The van der Waals surface area contributed by atoms with Crippen molar-refractivity contribution in [1.29, 1.82) is 0 Å². The molecule has 2 rings (SSSR count). The van der Waals surface area contributed by atoms with Gasteiger partial charge in [-0.2, -0.15) is 0 Å². The molecule has 1 aliphatic rings. The number of carbonyl (C=O) groups excluding carboxylic acids is 1. The molecule has 0 aliphatic carbocycles. The molecule has 0 bridgehead atoms. The molecule has 2 N–H and O–H groups in total. The van der Waals surface area contributed by atoms with Gasteiger partial charge in [0.15, 0.2) is 0 Å². The predicted molar refractivity (Wildman–Crippen MR) is 94.8 cm³/mol. The van der Waals surface area contributed by atoms with Gasteiger partial charge in [-0.15, -0.1) is 12.4 Å². The fourth-order valence-electron chi connectivity index (χ4n) is 3.10. The second-order valence-corrected chi connectivity index (χ2v) is 6.47. The smallest absolute Gasteiger partial charge is 0.238 e. The summed E-state index contributed by atoms with van der Waals surface area (Å²) in [5.41, 5.74) is 2.41. The standard InChI is InChI=1S/C17H27N3O.ClH/c1-4-14-7-5-6-8-15(14)19-16(21)11-20(3)13-17(2)9-10-18-12-17;/h5-8,18H,4,9-13H2,1-3H3,(H,19,21);1H. The zero-order valence-electron chi connectivity index (χ0n) is 13.8. The Bertz CT molecular complexity index is 487. The number of nitrogens with one attached hydrogen (secondary N) is 2. The van der Waals surface area contributed by atoms with Crippen LogP contribution >= 0.6 is 12.4 Å². The first kappa shape index (κ1) is 18.9. The number of hydrogen-bond donors (Lipinski definition) is 2. The Morgan fingerprint density at radius 3 is 2.77 bits per heavy atom. The number of rotatable bonds is 6. The van der Waals surface area contributed by atoms with Gasteiger partial charge in [-0.25, -0.2) is 0 Å². The molecule has 0 aromatic heterocycles. The van der Waals surface area contributed by atoms with Crippen LogP contribution in [0, 0.1) is 5.41 Å². The maximum absolute atomic E-state index is 12.2. The minimum atomic E-state index is 0. The number of benzene rings is 1. The quantitative estimate of drug-likeness (QED) is 0.845. The van der Waals surface area contributed by atoms with E-state index < -0.39 is 0 Å². The van der Waals surface area contributed by atoms with Gasteiger partial charge in [0.1, 0.15) is 0 Å².